The maximum atomic E-state index is 10.9. The van der Waals surface area contributed by atoms with E-state index < -0.39 is 10.1 Å². The van der Waals surface area contributed by atoms with E-state index in [4.69, 9.17) is 14.0 Å². The van der Waals surface area contributed by atoms with Crippen molar-refractivity contribution in [3.63, 3.8) is 0 Å². The Kier molecular flexibility index (Phi) is 9.68. The van der Waals surface area contributed by atoms with Crippen molar-refractivity contribution in [1.29, 1.82) is 0 Å². The van der Waals surface area contributed by atoms with E-state index >= 15 is 0 Å². The fourth-order valence-electron chi connectivity index (χ4n) is 4.55. The molecule has 0 amide bonds. The molecule has 6 heteroatoms. The lowest BCUT2D eigenvalue weighted by atomic mass is 9.84. The van der Waals surface area contributed by atoms with Crippen LogP contribution in [-0.4, -0.2) is 30.9 Å². The molecule has 2 rings (SSSR count). The van der Waals surface area contributed by atoms with Crippen LogP contribution in [0.5, 0.6) is 11.5 Å². The largest absolute Gasteiger partial charge is 0.493 e. The van der Waals surface area contributed by atoms with Gasteiger partial charge in [-0.3, -0.25) is 4.55 Å². The summed E-state index contributed by atoms with van der Waals surface area (Å²) in [5, 5.41) is 0. The SMILES string of the molecule is CCCCCCCCCC1(C)CCc2c(C)c(OCCCS(=O)(=O)O)c(C)c(C)c2O1. The third-order valence-electron chi connectivity index (χ3n) is 6.67. The van der Waals surface area contributed by atoms with Crippen molar-refractivity contribution < 1.29 is 22.4 Å². The highest BCUT2D eigenvalue weighted by atomic mass is 32.2. The highest BCUT2D eigenvalue weighted by Gasteiger charge is 2.34. The lowest BCUT2D eigenvalue weighted by Gasteiger charge is -2.38. The first kappa shape index (κ1) is 26.0. The first-order chi connectivity index (χ1) is 14.6. The van der Waals surface area contributed by atoms with Crippen molar-refractivity contribution in [2.24, 2.45) is 0 Å². The predicted octanol–water partition coefficient (Wildman–Crippen LogP) is 6.49. The lowest BCUT2D eigenvalue weighted by Crippen LogP contribution is -2.37. The van der Waals surface area contributed by atoms with E-state index in [-0.39, 0.29) is 24.4 Å². The Labute approximate surface area is 189 Å². The van der Waals surface area contributed by atoms with Gasteiger partial charge in [0.25, 0.3) is 10.1 Å². The van der Waals surface area contributed by atoms with E-state index in [1.165, 1.54) is 50.5 Å². The minimum Gasteiger partial charge on any atom is -0.493 e. The van der Waals surface area contributed by atoms with E-state index in [0.717, 1.165) is 47.5 Å². The smallest absolute Gasteiger partial charge is 0.264 e. The van der Waals surface area contributed by atoms with E-state index in [0.29, 0.717) is 0 Å². The number of hydrogen-bond acceptors (Lipinski definition) is 4. The van der Waals surface area contributed by atoms with Crippen LogP contribution in [0.25, 0.3) is 0 Å². The summed E-state index contributed by atoms with van der Waals surface area (Å²) < 4.78 is 43.3. The molecule has 5 nitrogen and oxygen atoms in total. The van der Waals surface area contributed by atoms with Gasteiger partial charge >= 0.3 is 0 Å². The zero-order chi connectivity index (χ0) is 23.1. The van der Waals surface area contributed by atoms with Crippen molar-refractivity contribution >= 4 is 10.1 Å². The summed E-state index contributed by atoms with van der Waals surface area (Å²) in [5.41, 5.74) is 4.34. The molecule has 1 aliphatic rings. The summed E-state index contributed by atoms with van der Waals surface area (Å²) in [6, 6.07) is 0. The topological polar surface area (TPSA) is 72.8 Å². The maximum Gasteiger partial charge on any atom is 0.264 e. The van der Waals surface area contributed by atoms with E-state index in [2.05, 4.69) is 27.7 Å². The van der Waals surface area contributed by atoms with Gasteiger partial charge in [0.2, 0.25) is 0 Å². The van der Waals surface area contributed by atoms with E-state index in [1.54, 1.807) is 0 Å². The van der Waals surface area contributed by atoms with Gasteiger partial charge in [-0.05, 0) is 76.5 Å². The van der Waals surface area contributed by atoms with Crippen LogP contribution in [0.3, 0.4) is 0 Å². The predicted molar refractivity (Wildman–Crippen MR) is 127 cm³/mol. The van der Waals surface area contributed by atoms with Gasteiger partial charge in [-0.25, -0.2) is 0 Å². The van der Waals surface area contributed by atoms with Gasteiger partial charge < -0.3 is 9.47 Å². The lowest BCUT2D eigenvalue weighted by molar-refractivity contribution is 0.0521. The average Bonchev–Trinajstić information content (AvgIpc) is 2.70. The molecule has 0 spiro atoms. The Hall–Kier alpha value is -1.27. The van der Waals surface area contributed by atoms with Crippen LogP contribution in [0.4, 0.5) is 0 Å². The standard InChI is InChI=1S/C25H42O5S/c1-6-7-8-9-10-11-12-15-25(5)16-14-22-21(4)23(19(2)20(3)24(22)30-25)29-17-13-18-31(26,27)28/h6-18H2,1-5H3,(H,26,27,28). The van der Waals surface area contributed by atoms with Crippen LogP contribution in [0.2, 0.25) is 0 Å². The highest BCUT2D eigenvalue weighted by Crippen LogP contribution is 2.45. The minimum atomic E-state index is -3.95. The summed E-state index contributed by atoms with van der Waals surface area (Å²) >= 11 is 0. The first-order valence-electron chi connectivity index (χ1n) is 12.0. The molecule has 0 saturated carbocycles. The molecule has 1 heterocycles. The van der Waals surface area contributed by atoms with Gasteiger partial charge in [0, 0.05) is 5.56 Å². The summed E-state index contributed by atoms with van der Waals surface area (Å²) in [7, 11) is -3.95. The molecule has 1 N–H and O–H groups in total. The van der Waals surface area contributed by atoms with Gasteiger partial charge in [0.1, 0.15) is 17.1 Å². The van der Waals surface area contributed by atoms with E-state index in [9.17, 15) is 8.42 Å². The maximum absolute atomic E-state index is 10.9. The fourth-order valence-corrected chi connectivity index (χ4v) is 5.03. The quantitative estimate of drug-likeness (QED) is 0.272. The molecule has 0 bridgehead atoms. The second-order valence-electron chi connectivity index (χ2n) is 9.42. The Morgan fingerprint density at radius 2 is 1.61 bits per heavy atom. The van der Waals surface area contributed by atoms with Gasteiger partial charge in [-0.1, -0.05) is 45.4 Å². The van der Waals surface area contributed by atoms with Crippen LogP contribution in [0.15, 0.2) is 0 Å². The Balaban J connectivity index is 1.99. The van der Waals surface area contributed by atoms with Crippen LogP contribution >= 0.6 is 0 Å². The van der Waals surface area contributed by atoms with E-state index in [1.807, 2.05) is 6.92 Å². The Bertz CT molecular complexity index is 831. The first-order valence-corrected chi connectivity index (χ1v) is 13.6. The Morgan fingerprint density at radius 3 is 2.26 bits per heavy atom. The second-order valence-corrected chi connectivity index (χ2v) is 11.0. The molecule has 1 aromatic rings. The molecular formula is C25H42O5S. The second kappa shape index (κ2) is 11.6. The molecule has 0 radical (unpaired) electrons. The number of hydrogen-bond donors (Lipinski definition) is 1. The van der Waals surface area contributed by atoms with Crippen molar-refractivity contribution in [2.75, 3.05) is 12.4 Å². The zero-order valence-corrected chi connectivity index (χ0v) is 21.0. The monoisotopic (exact) mass is 454 g/mol. The molecule has 0 aromatic heterocycles. The molecule has 0 fully saturated rings. The summed E-state index contributed by atoms with van der Waals surface area (Å²) in [4.78, 5) is 0. The van der Waals surface area contributed by atoms with Crippen LogP contribution < -0.4 is 9.47 Å². The highest BCUT2D eigenvalue weighted by molar-refractivity contribution is 7.85. The molecule has 1 atom stereocenters. The van der Waals surface area contributed by atoms with Crippen LogP contribution in [0, 0.1) is 20.8 Å². The molecule has 178 valence electrons. The molecule has 0 saturated heterocycles. The third kappa shape index (κ3) is 7.67. The minimum absolute atomic E-state index is 0.113. The molecule has 1 unspecified atom stereocenters. The molecule has 0 aliphatic carbocycles. The van der Waals surface area contributed by atoms with Gasteiger partial charge in [-0.15, -0.1) is 0 Å². The number of fused-ring (bicyclic) bond motifs is 1. The van der Waals surface area contributed by atoms with Crippen LogP contribution in [0.1, 0.15) is 100 Å². The van der Waals surface area contributed by atoms with Crippen LogP contribution in [-0.2, 0) is 16.5 Å². The number of rotatable bonds is 13. The van der Waals surface area contributed by atoms with Gasteiger partial charge in [0.05, 0.1) is 12.4 Å². The number of ether oxygens (including phenoxy) is 2. The zero-order valence-electron chi connectivity index (χ0n) is 20.2. The van der Waals surface area contributed by atoms with Crippen molar-refractivity contribution in [3.05, 3.63) is 22.3 Å². The number of unbranched alkanes of at least 4 members (excludes halogenated alkanes) is 6. The number of benzene rings is 1. The van der Waals surface area contributed by atoms with Crippen molar-refractivity contribution in [3.8, 4) is 11.5 Å². The van der Waals surface area contributed by atoms with Gasteiger partial charge in [0.15, 0.2) is 0 Å². The summed E-state index contributed by atoms with van der Waals surface area (Å²) in [5.74, 6) is 1.55. The third-order valence-corrected chi connectivity index (χ3v) is 7.47. The molecule has 1 aromatic carbocycles. The molecule has 31 heavy (non-hydrogen) atoms. The fraction of sp³-hybridized carbons (Fsp3) is 0.760. The van der Waals surface area contributed by atoms with Gasteiger partial charge in [-0.2, -0.15) is 8.42 Å². The normalized spacial score (nSPS) is 18.5. The van der Waals surface area contributed by atoms with Crippen molar-refractivity contribution in [2.45, 2.75) is 111 Å². The Morgan fingerprint density at radius 1 is 0.968 bits per heavy atom. The average molecular weight is 455 g/mol. The molecule has 1 aliphatic heterocycles. The molecular weight excluding hydrogens is 412 g/mol. The summed E-state index contributed by atoms with van der Waals surface area (Å²) in [6.07, 6.45) is 12.5. The van der Waals surface area contributed by atoms with Crippen molar-refractivity contribution in [1.82, 2.24) is 0 Å². The summed E-state index contributed by atoms with van der Waals surface area (Å²) in [6.45, 7) is 10.9.